The summed E-state index contributed by atoms with van der Waals surface area (Å²) in [5, 5.41) is 1.22. The quantitative estimate of drug-likeness (QED) is 0.421. The van der Waals surface area contributed by atoms with E-state index in [1.54, 1.807) is 25.3 Å². The van der Waals surface area contributed by atoms with Crippen molar-refractivity contribution in [2.75, 3.05) is 20.5 Å². The molecule has 0 aliphatic rings. The molecule has 5 heteroatoms. The Labute approximate surface area is 132 Å². The van der Waals surface area contributed by atoms with Crippen molar-refractivity contribution >= 4 is 18.8 Å². The van der Waals surface area contributed by atoms with Gasteiger partial charge in [0.1, 0.15) is 5.75 Å². The Balaban J connectivity index is 2.07. The van der Waals surface area contributed by atoms with E-state index < -0.39 is 8.07 Å². The van der Waals surface area contributed by atoms with Crippen LogP contribution in [0.3, 0.4) is 0 Å². The van der Waals surface area contributed by atoms with E-state index in [-0.39, 0.29) is 18.4 Å². The van der Waals surface area contributed by atoms with E-state index in [2.05, 4.69) is 19.6 Å². The lowest BCUT2D eigenvalue weighted by molar-refractivity contribution is 0.0198. The average molecular weight is 322 g/mol. The smallest absolute Gasteiger partial charge is 0.189 e. The summed E-state index contributed by atoms with van der Waals surface area (Å²) in [4.78, 5) is 0. The fourth-order valence-electron chi connectivity index (χ4n) is 2.10. The van der Waals surface area contributed by atoms with Gasteiger partial charge in [-0.3, -0.25) is 0 Å². The zero-order chi connectivity index (χ0) is 16.2. The van der Waals surface area contributed by atoms with E-state index in [1.807, 2.05) is 12.1 Å². The van der Waals surface area contributed by atoms with Crippen molar-refractivity contribution in [1.29, 1.82) is 0 Å². The highest BCUT2D eigenvalue weighted by Crippen LogP contribution is 2.34. The van der Waals surface area contributed by atoms with Crippen LogP contribution in [0.25, 0.3) is 10.8 Å². The zero-order valence-electron chi connectivity index (χ0n) is 13.6. The van der Waals surface area contributed by atoms with Gasteiger partial charge in [-0.1, -0.05) is 43.9 Å². The van der Waals surface area contributed by atoms with Crippen LogP contribution in [0, 0.1) is 5.82 Å². The summed E-state index contributed by atoms with van der Waals surface area (Å²) in [6.45, 7) is 7.53. The molecule has 0 aliphatic heterocycles. The van der Waals surface area contributed by atoms with Crippen LogP contribution in [0.2, 0.25) is 25.7 Å². The van der Waals surface area contributed by atoms with Crippen molar-refractivity contribution < 1.29 is 18.6 Å². The van der Waals surface area contributed by atoms with E-state index in [0.717, 1.165) is 11.4 Å². The van der Waals surface area contributed by atoms with Crippen LogP contribution in [0.5, 0.6) is 11.5 Å². The molecule has 22 heavy (non-hydrogen) atoms. The number of hydrogen-bond acceptors (Lipinski definition) is 3. The third kappa shape index (κ3) is 4.21. The predicted molar refractivity (Wildman–Crippen MR) is 90.1 cm³/mol. The minimum Gasteiger partial charge on any atom is -0.496 e. The molecular weight excluding hydrogens is 299 g/mol. The molecule has 0 heterocycles. The zero-order valence-corrected chi connectivity index (χ0v) is 14.6. The summed E-state index contributed by atoms with van der Waals surface area (Å²) in [5.41, 5.74) is 0. The molecule has 2 aromatic carbocycles. The normalized spacial score (nSPS) is 11.7. The molecule has 0 unspecified atom stereocenters. The van der Waals surface area contributed by atoms with Gasteiger partial charge in [-0.2, -0.15) is 0 Å². The van der Waals surface area contributed by atoms with E-state index in [4.69, 9.17) is 14.2 Å². The van der Waals surface area contributed by atoms with Crippen LogP contribution in [-0.4, -0.2) is 28.6 Å². The van der Waals surface area contributed by atoms with Gasteiger partial charge in [-0.05, 0) is 6.04 Å². The summed E-state index contributed by atoms with van der Waals surface area (Å²) in [7, 11) is 0.440. The Morgan fingerprint density at radius 3 is 2.36 bits per heavy atom. The van der Waals surface area contributed by atoms with Gasteiger partial charge in [0.25, 0.3) is 0 Å². The molecule has 0 spiro atoms. The van der Waals surface area contributed by atoms with Gasteiger partial charge in [-0.15, -0.1) is 0 Å². The van der Waals surface area contributed by atoms with Crippen molar-refractivity contribution in [2.45, 2.75) is 25.7 Å². The van der Waals surface area contributed by atoms with Gasteiger partial charge in [-0.25, -0.2) is 4.39 Å². The topological polar surface area (TPSA) is 27.7 Å². The average Bonchev–Trinajstić information content (AvgIpc) is 2.48. The Kier molecular flexibility index (Phi) is 5.42. The molecule has 0 fully saturated rings. The number of methoxy groups -OCH3 is 1. The lowest BCUT2D eigenvalue weighted by atomic mass is 10.1. The van der Waals surface area contributed by atoms with Gasteiger partial charge in [0, 0.05) is 31.5 Å². The maximum absolute atomic E-state index is 14.5. The Bertz CT molecular complexity index is 638. The van der Waals surface area contributed by atoms with Gasteiger partial charge in [0.2, 0.25) is 0 Å². The van der Waals surface area contributed by atoms with Crippen molar-refractivity contribution in [3.8, 4) is 11.5 Å². The molecule has 120 valence electrons. The molecule has 2 rings (SSSR count). The first-order valence-electron chi connectivity index (χ1n) is 7.38. The lowest BCUT2D eigenvalue weighted by Crippen LogP contribution is -2.22. The highest BCUT2D eigenvalue weighted by atomic mass is 28.3. The summed E-state index contributed by atoms with van der Waals surface area (Å²) in [6.07, 6.45) is 0. The van der Waals surface area contributed by atoms with Crippen LogP contribution in [0.1, 0.15) is 0 Å². The summed E-state index contributed by atoms with van der Waals surface area (Å²) >= 11 is 0. The standard InChI is InChI=1S/C17H23FO3Si/c1-19-15-11-16(21-12-20-9-10-22(2,3)4)17(18)14-8-6-5-7-13(14)15/h5-8,11H,9-10,12H2,1-4H3. The predicted octanol–water partition coefficient (Wildman–Crippen LogP) is 4.68. The second-order valence-electron chi connectivity index (χ2n) is 6.42. The van der Waals surface area contributed by atoms with E-state index >= 15 is 0 Å². The maximum atomic E-state index is 14.5. The van der Waals surface area contributed by atoms with Gasteiger partial charge >= 0.3 is 0 Å². The Hall–Kier alpha value is -1.59. The summed E-state index contributed by atoms with van der Waals surface area (Å²) in [6, 6.07) is 9.81. The third-order valence-electron chi connectivity index (χ3n) is 3.42. The van der Waals surface area contributed by atoms with Crippen LogP contribution in [0.4, 0.5) is 4.39 Å². The SMILES string of the molecule is COc1cc(OCOCC[Si](C)(C)C)c(F)c2ccccc12. The largest absolute Gasteiger partial charge is 0.496 e. The number of hydrogen-bond donors (Lipinski definition) is 0. The Morgan fingerprint density at radius 1 is 1.05 bits per heavy atom. The molecule has 0 radical (unpaired) electrons. The first-order valence-corrected chi connectivity index (χ1v) is 11.1. The minimum absolute atomic E-state index is 0.0445. The molecule has 3 nitrogen and oxygen atoms in total. The number of ether oxygens (including phenoxy) is 3. The number of halogens is 1. The fourth-order valence-corrected chi connectivity index (χ4v) is 2.86. The molecule has 0 aromatic heterocycles. The number of rotatable bonds is 7. The van der Waals surface area contributed by atoms with E-state index in [9.17, 15) is 4.39 Å². The fraction of sp³-hybridized carbons (Fsp3) is 0.412. The molecule has 0 saturated carbocycles. The van der Waals surface area contributed by atoms with Crippen molar-refractivity contribution in [3.05, 3.63) is 36.1 Å². The van der Waals surface area contributed by atoms with Gasteiger partial charge < -0.3 is 14.2 Å². The van der Waals surface area contributed by atoms with Crippen molar-refractivity contribution in [1.82, 2.24) is 0 Å². The van der Waals surface area contributed by atoms with Crippen molar-refractivity contribution in [3.63, 3.8) is 0 Å². The lowest BCUT2D eigenvalue weighted by Gasteiger charge is -2.16. The Morgan fingerprint density at radius 2 is 1.73 bits per heavy atom. The molecule has 0 atom stereocenters. The third-order valence-corrected chi connectivity index (χ3v) is 5.13. The minimum atomic E-state index is -1.12. The molecule has 0 bridgehead atoms. The maximum Gasteiger partial charge on any atom is 0.189 e. The first-order chi connectivity index (χ1) is 10.4. The van der Waals surface area contributed by atoms with Crippen molar-refractivity contribution in [2.24, 2.45) is 0 Å². The van der Waals surface area contributed by atoms with Crippen LogP contribution < -0.4 is 9.47 Å². The highest BCUT2D eigenvalue weighted by Gasteiger charge is 2.14. The van der Waals surface area contributed by atoms with Gasteiger partial charge in [0.15, 0.2) is 18.4 Å². The monoisotopic (exact) mass is 322 g/mol. The van der Waals surface area contributed by atoms with E-state index in [0.29, 0.717) is 17.7 Å². The first kappa shape index (κ1) is 16.8. The van der Waals surface area contributed by atoms with Gasteiger partial charge in [0.05, 0.1) is 7.11 Å². The second kappa shape index (κ2) is 7.11. The number of fused-ring (bicyclic) bond motifs is 1. The summed E-state index contributed by atoms with van der Waals surface area (Å²) < 4.78 is 30.7. The molecular formula is C17H23FO3Si. The number of benzene rings is 2. The molecule has 0 saturated heterocycles. The van der Waals surface area contributed by atoms with Crippen LogP contribution >= 0.6 is 0 Å². The molecule has 0 N–H and O–H groups in total. The molecule has 2 aromatic rings. The molecule has 0 amide bonds. The second-order valence-corrected chi connectivity index (χ2v) is 12.0. The van der Waals surface area contributed by atoms with Crippen LogP contribution in [0.15, 0.2) is 30.3 Å². The summed E-state index contributed by atoms with van der Waals surface area (Å²) in [5.74, 6) is 0.364. The van der Waals surface area contributed by atoms with Crippen LogP contribution in [-0.2, 0) is 4.74 Å². The van der Waals surface area contributed by atoms with E-state index in [1.165, 1.54) is 0 Å². The molecule has 0 aliphatic carbocycles. The highest BCUT2D eigenvalue weighted by molar-refractivity contribution is 6.76.